The highest BCUT2D eigenvalue weighted by molar-refractivity contribution is 5.76. The van der Waals surface area contributed by atoms with Crippen molar-refractivity contribution in [2.75, 3.05) is 26.4 Å². The number of carbonyl (C=O) groups is 1. The molecule has 19 heteroatoms. The number of aliphatic hydroxyl groups is 11. The van der Waals surface area contributed by atoms with Gasteiger partial charge in [-0.15, -0.1) is 0 Å². The molecule has 0 aliphatic carbocycles. The minimum Gasteiger partial charge on any atom is -0.394 e. The summed E-state index contributed by atoms with van der Waals surface area (Å²) in [6.45, 7) is 1.53. The van der Waals surface area contributed by atoms with E-state index in [0.717, 1.165) is 122 Å². The van der Waals surface area contributed by atoms with Gasteiger partial charge in [-0.05, 0) is 89.9 Å². The number of amides is 1. The maximum Gasteiger partial charge on any atom is 0.220 e. The maximum atomic E-state index is 13.3. The minimum atomic E-state index is -1.98. The third kappa shape index (κ3) is 34.7. The van der Waals surface area contributed by atoms with Crippen molar-refractivity contribution in [3.63, 3.8) is 0 Å². The molecule has 0 aromatic rings. The van der Waals surface area contributed by atoms with Crippen molar-refractivity contribution < 1.29 is 89.4 Å². The van der Waals surface area contributed by atoms with Crippen LogP contribution in [0.5, 0.6) is 0 Å². The van der Waals surface area contributed by atoms with Gasteiger partial charge >= 0.3 is 0 Å². The van der Waals surface area contributed by atoms with E-state index in [4.69, 9.17) is 28.4 Å². The topological polar surface area (TPSA) is 307 Å². The van der Waals surface area contributed by atoms with Crippen LogP contribution in [-0.2, 0) is 33.2 Å². The Balaban J connectivity index is 1.30. The molecule has 3 aliphatic heterocycles. The van der Waals surface area contributed by atoms with Crippen LogP contribution in [0.4, 0.5) is 0 Å². The molecule has 17 atom stereocenters. The van der Waals surface area contributed by atoms with Gasteiger partial charge in [-0.2, -0.15) is 0 Å². The molecule has 1 amide bonds. The van der Waals surface area contributed by atoms with Gasteiger partial charge in [0.15, 0.2) is 18.9 Å². The van der Waals surface area contributed by atoms with Crippen LogP contribution in [0.2, 0.25) is 0 Å². The lowest BCUT2D eigenvalue weighted by Crippen LogP contribution is -2.66. The van der Waals surface area contributed by atoms with Crippen LogP contribution in [0.3, 0.4) is 0 Å². The summed E-state index contributed by atoms with van der Waals surface area (Å²) < 4.78 is 34.2. The number of nitrogens with one attached hydrogen (secondary N) is 1. The predicted octanol–water partition coefficient (Wildman–Crippen LogP) is 9.21. The molecule has 17 unspecified atom stereocenters. The predicted molar refractivity (Wildman–Crippen MR) is 360 cm³/mol. The zero-order chi connectivity index (χ0) is 66.8. The lowest BCUT2D eigenvalue weighted by Gasteiger charge is -2.48. The summed E-state index contributed by atoms with van der Waals surface area (Å²) >= 11 is 0. The van der Waals surface area contributed by atoms with E-state index in [1.54, 1.807) is 6.08 Å². The molecule has 3 rings (SSSR count). The summed E-state index contributed by atoms with van der Waals surface area (Å²) in [7, 11) is 0. The van der Waals surface area contributed by atoms with Gasteiger partial charge in [0, 0.05) is 6.42 Å². The maximum absolute atomic E-state index is 13.3. The van der Waals surface area contributed by atoms with Crippen LogP contribution in [-0.4, -0.2) is 193 Å². The fourth-order valence-electron chi connectivity index (χ4n) is 10.9. The van der Waals surface area contributed by atoms with Crippen molar-refractivity contribution in [2.45, 2.75) is 304 Å². The summed E-state index contributed by atoms with van der Waals surface area (Å²) in [5.74, 6) is -0.288. The summed E-state index contributed by atoms with van der Waals surface area (Å²) in [5.41, 5.74) is 0. The second kappa shape index (κ2) is 53.3. The Morgan fingerprint density at radius 2 is 0.750 bits per heavy atom. The molecular weight excluding hydrogens is 1180 g/mol. The number of carbonyl (C=O) groups excluding carboxylic acids is 1. The van der Waals surface area contributed by atoms with Crippen molar-refractivity contribution in [3.05, 3.63) is 122 Å². The largest absolute Gasteiger partial charge is 0.394 e. The first-order valence-corrected chi connectivity index (χ1v) is 34.8. The van der Waals surface area contributed by atoms with Crippen molar-refractivity contribution in [2.24, 2.45) is 0 Å². The average molecular weight is 1300 g/mol. The van der Waals surface area contributed by atoms with Crippen LogP contribution >= 0.6 is 0 Å². The van der Waals surface area contributed by atoms with E-state index in [2.05, 4.69) is 129 Å². The van der Waals surface area contributed by atoms with Crippen molar-refractivity contribution in [1.82, 2.24) is 5.32 Å². The van der Waals surface area contributed by atoms with E-state index in [9.17, 15) is 61.0 Å². The Hall–Kier alpha value is -3.81. The molecular formula is C73H121NO18. The third-order valence-electron chi connectivity index (χ3n) is 16.5. The lowest BCUT2D eigenvalue weighted by atomic mass is 9.96. The zero-order valence-corrected chi connectivity index (χ0v) is 55.5. The molecule has 0 spiro atoms. The summed E-state index contributed by atoms with van der Waals surface area (Å²) in [6.07, 6.45) is 46.5. The number of rotatable bonds is 51. The number of hydrogen-bond acceptors (Lipinski definition) is 18. The Morgan fingerprint density at radius 3 is 1.17 bits per heavy atom. The van der Waals surface area contributed by atoms with E-state index in [-0.39, 0.29) is 18.9 Å². The Kier molecular flexibility index (Phi) is 47.8. The van der Waals surface area contributed by atoms with E-state index in [1.807, 2.05) is 6.08 Å². The molecule has 92 heavy (non-hydrogen) atoms. The van der Waals surface area contributed by atoms with Crippen molar-refractivity contribution in [1.29, 1.82) is 0 Å². The molecule has 0 bridgehead atoms. The normalized spacial score (nSPS) is 28.5. The first-order valence-electron chi connectivity index (χ1n) is 34.8. The third-order valence-corrected chi connectivity index (χ3v) is 16.5. The molecule has 3 fully saturated rings. The SMILES string of the molecule is CC/C=C\C/C=C\C/C=C\C/C=C\C/C=C\C/C=C\C/C=C\C/C=C\C/C=C\CCCCCCCCCCCCCC(=O)NC(COC1OC(CO)C(OC2OC(CO)C(OC3OC(CO)C(O)C(O)C3O)C(O)C2O)C(O)C1O)C(O)/C=C/CCCCCCCC. The van der Waals surface area contributed by atoms with Gasteiger partial charge in [0.1, 0.15) is 73.2 Å². The molecule has 0 radical (unpaired) electrons. The van der Waals surface area contributed by atoms with Gasteiger partial charge < -0.3 is 89.9 Å². The standard InChI is InChI=1S/C73H121NO18/c1-3-5-7-9-11-13-14-15-16-17-18-19-20-21-22-23-24-25-26-27-28-29-30-31-32-33-34-35-36-37-38-39-40-41-42-43-45-47-49-51-61(79)74-56(57(78)50-48-46-44-12-10-8-6-4-2)55-87-71-67(85)64(82)69(59(53-76)89-71)92-73-68(86)65(83)70(60(54-77)90-73)91-72-66(84)63(81)62(80)58(52-75)88-72/h5,7,11,13,15-16,18-19,21-22,24-25,27-28,30-31,33-34,48,50,56-60,62-73,75-78,80-86H,3-4,6,8-10,12,14,17,20,23,26,29,32,35-47,49,51-55H2,1-2H3,(H,74,79)/b7-5-,13-11-,16-15-,19-18-,22-21-,25-24-,28-27-,31-30-,34-33-,50-48+. The smallest absolute Gasteiger partial charge is 0.220 e. The van der Waals surface area contributed by atoms with Gasteiger partial charge in [-0.25, -0.2) is 0 Å². The highest BCUT2D eigenvalue weighted by atomic mass is 16.8. The number of hydrogen-bond donors (Lipinski definition) is 12. The second-order valence-corrected chi connectivity index (χ2v) is 24.3. The van der Waals surface area contributed by atoms with Crippen LogP contribution in [0.15, 0.2) is 122 Å². The Morgan fingerprint density at radius 1 is 0.402 bits per heavy atom. The molecule has 19 nitrogen and oxygen atoms in total. The van der Waals surface area contributed by atoms with Gasteiger partial charge in [-0.1, -0.05) is 225 Å². The summed E-state index contributed by atoms with van der Waals surface area (Å²) in [4.78, 5) is 13.3. The summed E-state index contributed by atoms with van der Waals surface area (Å²) in [6, 6.07) is -0.979. The molecule has 12 N–H and O–H groups in total. The zero-order valence-electron chi connectivity index (χ0n) is 55.5. The quantitative estimate of drug-likeness (QED) is 0.0199. The molecule has 3 saturated heterocycles. The van der Waals surface area contributed by atoms with Crippen LogP contribution in [0.25, 0.3) is 0 Å². The number of unbranched alkanes of at least 4 members (excludes halogenated alkanes) is 17. The fourth-order valence-corrected chi connectivity index (χ4v) is 10.9. The molecule has 0 aromatic carbocycles. The van der Waals surface area contributed by atoms with Crippen LogP contribution in [0.1, 0.15) is 200 Å². The summed E-state index contributed by atoms with van der Waals surface area (Å²) in [5, 5.41) is 120. The Labute approximate surface area is 550 Å². The highest BCUT2D eigenvalue weighted by Crippen LogP contribution is 2.33. The van der Waals surface area contributed by atoms with E-state index >= 15 is 0 Å². The average Bonchev–Trinajstić information content (AvgIpc) is 0.830. The molecule has 3 heterocycles. The van der Waals surface area contributed by atoms with E-state index in [1.165, 1.54) is 51.4 Å². The van der Waals surface area contributed by atoms with Gasteiger partial charge in [0.25, 0.3) is 0 Å². The second-order valence-electron chi connectivity index (χ2n) is 24.3. The lowest BCUT2D eigenvalue weighted by molar-refractivity contribution is -0.379. The van der Waals surface area contributed by atoms with Gasteiger partial charge in [-0.3, -0.25) is 4.79 Å². The number of allylic oxidation sites excluding steroid dienone is 19. The first-order chi connectivity index (χ1) is 44.8. The van der Waals surface area contributed by atoms with Gasteiger partial charge in [0.05, 0.1) is 38.6 Å². The molecule has 0 aromatic heterocycles. The number of aliphatic hydroxyl groups excluding tert-OH is 11. The molecule has 526 valence electrons. The van der Waals surface area contributed by atoms with Gasteiger partial charge in [0.2, 0.25) is 5.91 Å². The van der Waals surface area contributed by atoms with E-state index in [0.29, 0.717) is 6.42 Å². The molecule has 3 aliphatic rings. The van der Waals surface area contributed by atoms with E-state index < -0.39 is 124 Å². The van der Waals surface area contributed by atoms with Crippen LogP contribution < -0.4 is 5.32 Å². The van der Waals surface area contributed by atoms with Crippen LogP contribution in [0, 0.1) is 0 Å². The minimum absolute atomic E-state index is 0.232. The fraction of sp³-hybridized carbons (Fsp3) is 0.712. The Bertz CT molecular complexity index is 2140. The van der Waals surface area contributed by atoms with Crippen molar-refractivity contribution >= 4 is 5.91 Å². The number of ether oxygens (including phenoxy) is 6. The highest BCUT2D eigenvalue weighted by Gasteiger charge is 2.53. The monoisotopic (exact) mass is 1300 g/mol. The van der Waals surface area contributed by atoms with Crippen molar-refractivity contribution in [3.8, 4) is 0 Å². The molecule has 0 saturated carbocycles. The first kappa shape index (κ1) is 82.4.